The largest absolute Gasteiger partial charge is 0.303 e. The Balaban J connectivity index is 2.72. The second-order valence-electron chi connectivity index (χ2n) is 2.75. The number of aldehydes is 1. The van der Waals surface area contributed by atoms with Crippen LogP contribution in [0.2, 0.25) is 0 Å². The molecule has 74 valence electrons. The third-order valence-electron chi connectivity index (χ3n) is 1.76. The van der Waals surface area contributed by atoms with E-state index in [1.165, 1.54) is 0 Å². The van der Waals surface area contributed by atoms with Crippen molar-refractivity contribution in [3.8, 4) is 0 Å². The predicted octanol–water partition coefficient (Wildman–Crippen LogP) is 2.57. The van der Waals surface area contributed by atoms with E-state index >= 15 is 0 Å². The molecule has 0 bridgehead atoms. The first-order valence-electron chi connectivity index (χ1n) is 4.47. The summed E-state index contributed by atoms with van der Waals surface area (Å²) in [5.74, 6) is 0.898. The van der Waals surface area contributed by atoms with Gasteiger partial charge in [0.25, 0.3) is 0 Å². The molecule has 0 aromatic heterocycles. The molecule has 0 spiro atoms. The number of hydrogen-bond donors (Lipinski definition) is 0. The van der Waals surface area contributed by atoms with Gasteiger partial charge in [-0.3, -0.25) is 4.79 Å². The quantitative estimate of drug-likeness (QED) is 0.323. The Morgan fingerprint density at radius 2 is 2.00 bits per heavy atom. The average Bonchev–Trinajstić information content (AvgIpc) is 2.20. The molecule has 3 heteroatoms. The van der Waals surface area contributed by atoms with Gasteiger partial charge in [-0.1, -0.05) is 19.1 Å². The summed E-state index contributed by atoms with van der Waals surface area (Å²) in [5, 5.41) is 0. The molecule has 0 aliphatic heterocycles. The highest BCUT2D eigenvalue weighted by atomic mass is 32.2. The number of rotatable bonds is 5. The fourth-order valence-corrected chi connectivity index (χ4v) is 1.76. The molecule has 0 heterocycles. The summed E-state index contributed by atoms with van der Waals surface area (Å²) in [6, 6.07) is 7.35. The lowest BCUT2D eigenvalue weighted by Crippen LogP contribution is -1.98. The van der Waals surface area contributed by atoms with Crippen molar-refractivity contribution in [1.82, 2.24) is 0 Å². The molecular formula is C11H12O2S. The van der Waals surface area contributed by atoms with Gasteiger partial charge in [0.1, 0.15) is 6.29 Å². The van der Waals surface area contributed by atoms with Gasteiger partial charge in [0.15, 0.2) is 5.78 Å². The van der Waals surface area contributed by atoms with Gasteiger partial charge in [0.2, 0.25) is 0 Å². The first-order chi connectivity index (χ1) is 6.77. The van der Waals surface area contributed by atoms with Crippen LogP contribution in [0.15, 0.2) is 29.2 Å². The van der Waals surface area contributed by atoms with Gasteiger partial charge in [0.05, 0.1) is 6.42 Å². The van der Waals surface area contributed by atoms with E-state index < -0.39 is 0 Å². The van der Waals surface area contributed by atoms with Crippen LogP contribution in [0, 0.1) is 0 Å². The van der Waals surface area contributed by atoms with E-state index in [1.807, 2.05) is 12.1 Å². The van der Waals surface area contributed by atoms with E-state index in [0.717, 1.165) is 10.6 Å². The van der Waals surface area contributed by atoms with Crippen molar-refractivity contribution in [2.75, 3.05) is 5.75 Å². The molecule has 0 fully saturated rings. The van der Waals surface area contributed by atoms with Gasteiger partial charge in [-0.05, 0) is 17.9 Å². The van der Waals surface area contributed by atoms with Crippen molar-refractivity contribution in [2.24, 2.45) is 0 Å². The number of hydrogen-bond acceptors (Lipinski definition) is 3. The number of carbonyl (C=O) groups is 2. The molecule has 0 unspecified atom stereocenters. The molecule has 0 saturated heterocycles. The number of carbonyl (C=O) groups excluding carboxylic acids is 2. The van der Waals surface area contributed by atoms with Gasteiger partial charge < -0.3 is 4.79 Å². The third-order valence-corrected chi connectivity index (χ3v) is 2.65. The molecule has 2 nitrogen and oxygen atoms in total. The lowest BCUT2D eigenvalue weighted by Gasteiger charge is -2.00. The topological polar surface area (TPSA) is 34.1 Å². The minimum atomic E-state index is -0.118. The zero-order chi connectivity index (χ0) is 10.4. The van der Waals surface area contributed by atoms with Crippen LogP contribution in [0.3, 0.4) is 0 Å². The number of thioether (sulfide) groups is 1. The van der Waals surface area contributed by atoms with Gasteiger partial charge in [-0.25, -0.2) is 0 Å². The Bertz CT molecular complexity index is 317. The van der Waals surface area contributed by atoms with Crippen molar-refractivity contribution in [3.63, 3.8) is 0 Å². The first-order valence-corrected chi connectivity index (χ1v) is 5.46. The van der Waals surface area contributed by atoms with Crippen LogP contribution < -0.4 is 0 Å². The summed E-state index contributed by atoms with van der Waals surface area (Å²) >= 11 is 1.73. The fourth-order valence-electron chi connectivity index (χ4n) is 1.10. The van der Waals surface area contributed by atoms with E-state index in [0.29, 0.717) is 11.8 Å². The molecular weight excluding hydrogens is 196 g/mol. The Labute approximate surface area is 87.7 Å². The van der Waals surface area contributed by atoms with Crippen molar-refractivity contribution >= 4 is 23.8 Å². The SMILES string of the molecule is CCSc1ccc(C(=O)CC=O)cc1. The predicted molar refractivity (Wildman–Crippen MR) is 57.9 cm³/mol. The summed E-state index contributed by atoms with van der Waals surface area (Å²) in [6.07, 6.45) is 0.608. The molecule has 0 radical (unpaired) electrons. The molecule has 0 aliphatic rings. The second kappa shape index (κ2) is 5.60. The lowest BCUT2D eigenvalue weighted by molar-refractivity contribution is -0.107. The van der Waals surface area contributed by atoms with Gasteiger partial charge >= 0.3 is 0 Å². The summed E-state index contributed by atoms with van der Waals surface area (Å²) in [7, 11) is 0. The van der Waals surface area contributed by atoms with Crippen LogP contribution in [0.5, 0.6) is 0 Å². The van der Waals surface area contributed by atoms with E-state index in [2.05, 4.69) is 6.92 Å². The van der Waals surface area contributed by atoms with E-state index in [1.54, 1.807) is 23.9 Å². The van der Waals surface area contributed by atoms with Crippen molar-refractivity contribution in [3.05, 3.63) is 29.8 Å². The highest BCUT2D eigenvalue weighted by Gasteiger charge is 2.03. The molecule has 0 atom stereocenters. The fraction of sp³-hybridized carbons (Fsp3) is 0.273. The summed E-state index contributed by atoms with van der Waals surface area (Å²) in [4.78, 5) is 22.6. The maximum Gasteiger partial charge on any atom is 0.169 e. The minimum absolute atomic E-state index is 0.0275. The van der Waals surface area contributed by atoms with Crippen LogP contribution >= 0.6 is 11.8 Å². The van der Waals surface area contributed by atoms with Gasteiger partial charge in [-0.15, -0.1) is 11.8 Å². The Hall–Kier alpha value is -1.09. The summed E-state index contributed by atoms with van der Waals surface area (Å²) in [6.45, 7) is 2.08. The van der Waals surface area contributed by atoms with E-state index in [9.17, 15) is 9.59 Å². The molecule has 1 rings (SSSR count). The normalized spacial score (nSPS) is 9.79. The smallest absolute Gasteiger partial charge is 0.169 e. The first kappa shape index (κ1) is 11.0. The van der Waals surface area contributed by atoms with Crippen molar-refractivity contribution in [1.29, 1.82) is 0 Å². The molecule has 14 heavy (non-hydrogen) atoms. The Morgan fingerprint density at radius 1 is 1.36 bits per heavy atom. The zero-order valence-corrected chi connectivity index (χ0v) is 8.84. The van der Waals surface area contributed by atoms with Crippen LogP contribution in [0.25, 0.3) is 0 Å². The molecule has 1 aromatic rings. The molecule has 0 N–H and O–H groups in total. The molecule has 1 aromatic carbocycles. The van der Waals surface area contributed by atoms with Crippen LogP contribution in [-0.2, 0) is 4.79 Å². The number of Topliss-reactive ketones (excluding diaryl/α,β-unsaturated/α-hetero) is 1. The molecule has 0 aliphatic carbocycles. The maximum absolute atomic E-state index is 11.3. The standard InChI is InChI=1S/C11H12O2S/c1-2-14-10-5-3-9(4-6-10)11(13)7-8-12/h3-6,8H,2,7H2,1H3. The van der Waals surface area contributed by atoms with E-state index in [-0.39, 0.29) is 12.2 Å². The molecule has 0 saturated carbocycles. The number of benzene rings is 1. The summed E-state index contributed by atoms with van der Waals surface area (Å²) < 4.78 is 0. The van der Waals surface area contributed by atoms with Crippen molar-refractivity contribution < 1.29 is 9.59 Å². The Kier molecular flexibility index (Phi) is 4.40. The van der Waals surface area contributed by atoms with Crippen LogP contribution in [0.4, 0.5) is 0 Å². The van der Waals surface area contributed by atoms with E-state index in [4.69, 9.17) is 0 Å². The number of ketones is 1. The summed E-state index contributed by atoms with van der Waals surface area (Å²) in [5.41, 5.74) is 0.609. The monoisotopic (exact) mass is 208 g/mol. The maximum atomic E-state index is 11.3. The highest BCUT2D eigenvalue weighted by Crippen LogP contribution is 2.18. The zero-order valence-electron chi connectivity index (χ0n) is 8.03. The minimum Gasteiger partial charge on any atom is -0.303 e. The second-order valence-corrected chi connectivity index (χ2v) is 4.09. The average molecular weight is 208 g/mol. The third kappa shape index (κ3) is 3.00. The van der Waals surface area contributed by atoms with Crippen molar-refractivity contribution in [2.45, 2.75) is 18.2 Å². The van der Waals surface area contributed by atoms with Gasteiger partial charge in [-0.2, -0.15) is 0 Å². The van der Waals surface area contributed by atoms with Crippen LogP contribution in [0.1, 0.15) is 23.7 Å². The highest BCUT2D eigenvalue weighted by molar-refractivity contribution is 7.99. The lowest BCUT2D eigenvalue weighted by atomic mass is 10.1. The van der Waals surface area contributed by atoms with Gasteiger partial charge in [0, 0.05) is 10.5 Å². The Morgan fingerprint density at radius 3 is 2.50 bits per heavy atom. The van der Waals surface area contributed by atoms with Crippen LogP contribution in [-0.4, -0.2) is 17.8 Å². The molecule has 0 amide bonds.